The Morgan fingerprint density at radius 1 is 0.844 bits per heavy atom. The normalized spacial score (nSPS) is 16.6. The SMILES string of the molecule is CCC(=O)OCC1C2=CC(NC(=O)CCCC(=O)NCCOC)=CCC2c2ccc(CC(=O)CCCC(=O)CCCOC)cc21. The van der Waals surface area contributed by atoms with Crippen LogP contribution >= 0.6 is 0 Å². The molecule has 0 bridgehead atoms. The second-order valence-corrected chi connectivity index (χ2v) is 11.6. The van der Waals surface area contributed by atoms with Gasteiger partial charge in [0.2, 0.25) is 11.8 Å². The number of hydrogen-bond acceptors (Lipinski definition) is 8. The van der Waals surface area contributed by atoms with E-state index >= 15 is 0 Å². The number of carbonyl (C=O) groups is 5. The number of benzene rings is 1. The lowest BCUT2D eigenvalue weighted by Crippen LogP contribution is -2.27. The summed E-state index contributed by atoms with van der Waals surface area (Å²) in [6, 6.07) is 6.09. The molecule has 0 aliphatic heterocycles. The molecule has 0 spiro atoms. The molecule has 10 heteroatoms. The summed E-state index contributed by atoms with van der Waals surface area (Å²) in [4.78, 5) is 61.4. The number of esters is 1. The van der Waals surface area contributed by atoms with Gasteiger partial charge in [-0.15, -0.1) is 0 Å². The number of fused-ring (bicyclic) bond motifs is 3. The standard InChI is InChI=1S/C35H48N2O8/c1-4-35(42)45-23-32-30-21-24(20-27(39)9-5-8-26(38)10-7-18-43-2)13-15-28(30)29-16-14-25(22-31(29)32)37-34(41)12-6-11-33(40)36-17-19-44-3/h13-15,21-22,29,32H,4-12,16-20,23H2,1-3H3,(H,36,40)(H,37,41). The summed E-state index contributed by atoms with van der Waals surface area (Å²) in [5.74, 6) is -0.407. The highest BCUT2D eigenvalue weighted by Crippen LogP contribution is 2.50. The van der Waals surface area contributed by atoms with Crippen LogP contribution < -0.4 is 10.6 Å². The van der Waals surface area contributed by atoms with Gasteiger partial charge in [0.15, 0.2) is 0 Å². The highest BCUT2D eigenvalue weighted by atomic mass is 16.5. The van der Waals surface area contributed by atoms with Crippen LogP contribution in [0.2, 0.25) is 0 Å². The predicted molar refractivity (Wildman–Crippen MR) is 170 cm³/mol. The monoisotopic (exact) mass is 624 g/mol. The molecular weight excluding hydrogens is 576 g/mol. The Morgan fingerprint density at radius 3 is 2.31 bits per heavy atom. The predicted octanol–water partition coefficient (Wildman–Crippen LogP) is 4.36. The van der Waals surface area contributed by atoms with Crippen molar-refractivity contribution in [3.63, 3.8) is 0 Å². The zero-order valence-electron chi connectivity index (χ0n) is 26.9. The average Bonchev–Trinajstić information content (AvgIpc) is 3.31. The summed E-state index contributed by atoms with van der Waals surface area (Å²) in [5.41, 5.74) is 4.83. The fraction of sp³-hybridized carbons (Fsp3) is 0.571. The van der Waals surface area contributed by atoms with Gasteiger partial charge in [0.05, 0.1) is 6.61 Å². The van der Waals surface area contributed by atoms with Gasteiger partial charge in [0.1, 0.15) is 18.2 Å². The zero-order chi connectivity index (χ0) is 32.6. The number of nitrogens with one attached hydrogen (secondary N) is 2. The van der Waals surface area contributed by atoms with Gasteiger partial charge >= 0.3 is 5.97 Å². The first-order valence-corrected chi connectivity index (χ1v) is 16.0. The molecule has 0 radical (unpaired) electrons. The maximum absolute atomic E-state index is 12.8. The van der Waals surface area contributed by atoms with Crippen molar-refractivity contribution >= 4 is 29.4 Å². The van der Waals surface area contributed by atoms with Crippen molar-refractivity contribution in [3.8, 4) is 0 Å². The van der Waals surface area contributed by atoms with Crippen LogP contribution in [0.25, 0.3) is 0 Å². The van der Waals surface area contributed by atoms with Crippen LogP contribution in [0.5, 0.6) is 0 Å². The van der Waals surface area contributed by atoms with E-state index in [1.165, 1.54) is 0 Å². The second kappa shape index (κ2) is 19.0. The third-order valence-electron chi connectivity index (χ3n) is 8.14. The minimum Gasteiger partial charge on any atom is -0.465 e. The van der Waals surface area contributed by atoms with Gasteiger partial charge in [-0.2, -0.15) is 0 Å². The molecule has 1 aromatic rings. The van der Waals surface area contributed by atoms with Crippen molar-refractivity contribution in [1.29, 1.82) is 0 Å². The van der Waals surface area contributed by atoms with Gasteiger partial charge in [0.25, 0.3) is 0 Å². The summed E-state index contributed by atoms with van der Waals surface area (Å²) in [6.07, 6.45) is 8.60. The number of hydrogen-bond donors (Lipinski definition) is 2. The molecule has 2 aliphatic rings. The average molecular weight is 625 g/mol. The van der Waals surface area contributed by atoms with Crippen molar-refractivity contribution in [1.82, 2.24) is 10.6 Å². The Morgan fingerprint density at radius 2 is 1.56 bits per heavy atom. The summed E-state index contributed by atoms with van der Waals surface area (Å²) in [6.45, 7) is 3.38. The van der Waals surface area contributed by atoms with E-state index in [-0.39, 0.29) is 73.5 Å². The molecule has 2 N–H and O–H groups in total. The lowest BCUT2D eigenvalue weighted by molar-refractivity contribution is -0.143. The van der Waals surface area contributed by atoms with E-state index in [0.717, 1.165) is 22.3 Å². The van der Waals surface area contributed by atoms with E-state index in [4.69, 9.17) is 14.2 Å². The van der Waals surface area contributed by atoms with Crippen LogP contribution in [0.1, 0.15) is 99.7 Å². The first kappa shape index (κ1) is 35.8. The lowest BCUT2D eigenvalue weighted by Gasteiger charge is -2.22. The molecule has 10 nitrogen and oxygen atoms in total. The van der Waals surface area contributed by atoms with Gasteiger partial charge in [-0.3, -0.25) is 24.0 Å². The molecule has 0 saturated heterocycles. The Bertz CT molecular complexity index is 1270. The fourth-order valence-corrected chi connectivity index (χ4v) is 5.81. The van der Waals surface area contributed by atoms with Crippen LogP contribution in [0.3, 0.4) is 0 Å². The van der Waals surface area contributed by atoms with E-state index < -0.39 is 0 Å². The van der Waals surface area contributed by atoms with E-state index in [0.29, 0.717) is 70.4 Å². The molecule has 3 rings (SSSR count). The Labute approximate surface area is 266 Å². The van der Waals surface area contributed by atoms with Crippen molar-refractivity contribution in [2.75, 3.05) is 40.6 Å². The quantitative estimate of drug-likeness (QED) is 0.152. The number of ketones is 2. The molecule has 45 heavy (non-hydrogen) atoms. The Kier molecular flexibility index (Phi) is 15.1. The molecule has 246 valence electrons. The minimum atomic E-state index is -0.283. The number of allylic oxidation sites excluding steroid dienone is 2. The molecule has 0 fully saturated rings. The molecule has 2 atom stereocenters. The van der Waals surface area contributed by atoms with Gasteiger partial charge < -0.3 is 24.8 Å². The number of carbonyl (C=O) groups excluding carboxylic acids is 5. The third-order valence-corrected chi connectivity index (χ3v) is 8.14. The van der Waals surface area contributed by atoms with Crippen LogP contribution in [0, 0.1) is 0 Å². The van der Waals surface area contributed by atoms with Gasteiger partial charge in [-0.25, -0.2) is 0 Å². The number of amides is 2. The van der Waals surface area contributed by atoms with Crippen molar-refractivity contribution in [3.05, 3.63) is 58.3 Å². The number of methoxy groups -OCH3 is 2. The molecule has 0 heterocycles. The van der Waals surface area contributed by atoms with E-state index in [2.05, 4.69) is 16.7 Å². The maximum Gasteiger partial charge on any atom is 0.305 e. The van der Waals surface area contributed by atoms with Gasteiger partial charge in [-0.05, 0) is 54.0 Å². The van der Waals surface area contributed by atoms with Crippen molar-refractivity contribution < 1.29 is 38.2 Å². The Balaban J connectivity index is 1.61. The topological polar surface area (TPSA) is 137 Å². The molecular formula is C35H48N2O8. The van der Waals surface area contributed by atoms with Crippen LogP contribution in [0.15, 0.2) is 41.6 Å². The molecule has 0 saturated carbocycles. The Hall–Kier alpha value is -3.63. The van der Waals surface area contributed by atoms with Gasteiger partial charge in [-0.1, -0.05) is 31.2 Å². The third kappa shape index (κ3) is 11.7. The minimum absolute atomic E-state index is 0.0855. The van der Waals surface area contributed by atoms with Crippen molar-refractivity contribution in [2.24, 2.45) is 0 Å². The molecule has 2 unspecified atom stereocenters. The van der Waals surface area contributed by atoms with Crippen molar-refractivity contribution in [2.45, 2.75) is 89.4 Å². The number of ether oxygens (including phenoxy) is 3. The molecule has 1 aromatic carbocycles. The first-order chi connectivity index (χ1) is 21.7. The summed E-state index contributed by atoms with van der Waals surface area (Å²) >= 11 is 0. The van der Waals surface area contributed by atoms with E-state index in [1.54, 1.807) is 21.1 Å². The molecule has 2 aliphatic carbocycles. The van der Waals surface area contributed by atoms with Crippen LogP contribution in [-0.2, 0) is 44.6 Å². The number of rotatable bonds is 21. The number of Topliss-reactive ketones (excluding diaryl/α,β-unsaturated/α-hetero) is 2. The fourth-order valence-electron chi connectivity index (χ4n) is 5.81. The highest BCUT2D eigenvalue weighted by molar-refractivity contribution is 5.83. The molecule has 0 aromatic heterocycles. The first-order valence-electron chi connectivity index (χ1n) is 16.0. The largest absolute Gasteiger partial charge is 0.465 e. The summed E-state index contributed by atoms with van der Waals surface area (Å²) in [5, 5.41) is 5.72. The highest BCUT2D eigenvalue weighted by Gasteiger charge is 2.37. The maximum atomic E-state index is 12.8. The second-order valence-electron chi connectivity index (χ2n) is 11.6. The zero-order valence-corrected chi connectivity index (χ0v) is 26.9. The van der Waals surface area contributed by atoms with E-state index in [1.807, 2.05) is 24.3 Å². The van der Waals surface area contributed by atoms with Gasteiger partial charge in [0, 0.05) is 89.8 Å². The van der Waals surface area contributed by atoms with Crippen LogP contribution in [0.4, 0.5) is 0 Å². The van der Waals surface area contributed by atoms with E-state index in [9.17, 15) is 24.0 Å². The molecule has 2 amide bonds. The smallest absolute Gasteiger partial charge is 0.305 e. The summed E-state index contributed by atoms with van der Waals surface area (Å²) < 4.78 is 15.5. The van der Waals surface area contributed by atoms with Crippen LogP contribution in [-0.4, -0.2) is 69.9 Å². The lowest BCUT2D eigenvalue weighted by atomic mass is 9.87. The summed E-state index contributed by atoms with van der Waals surface area (Å²) in [7, 11) is 3.18.